The van der Waals surface area contributed by atoms with Crippen LogP contribution in [-0.4, -0.2) is 26.3 Å². The van der Waals surface area contributed by atoms with Gasteiger partial charge < -0.3 is 10.1 Å². The summed E-state index contributed by atoms with van der Waals surface area (Å²) < 4.78 is 5.01. The van der Waals surface area contributed by atoms with E-state index in [0.717, 1.165) is 26.3 Å². The molecular formula is C4H9NO. The highest BCUT2D eigenvalue weighted by Gasteiger charge is 1.92. The van der Waals surface area contributed by atoms with Gasteiger partial charge in [0.05, 0.1) is 13.2 Å². The molecule has 0 aromatic carbocycles. The monoisotopic (exact) mass is 91.1 g/mol. The predicted octanol–water partition coefficient (Wildman–Crippen LogP) is -0.394. The summed E-state index contributed by atoms with van der Waals surface area (Å²) in [5.41, 5.74) is 0. The molecule has 0 spiro atoms. The summed E-state index contributed by atoms with van der Waals surface area (Å²) in [7, 11) is 0. The van der Waals surface area contributed by atoms with E-state index in [-0.39, 0.29) is 0 Å². The second-order valence-corrected chi connectivity index (χ2v) is 1.36. The lowest BCUT2D eigenvalue weighted by Gasteiger charge is -2.10. The van der Waals surface area contributed by atoms with Gasteiger partial charge in [-0.15, -0.1) is 0 Å². The molecule has 1 fully saturated rings. The third-order valence-electron chi connectivity index (χ3n) is 0.846. The minimum Gasteiger partial charge on any atom is -0.379 e. The van der Waals surface area contributed by atoms with Gasteiger partial charge in [-0.3, -0.25) is 0 Å². The Balaban J connectivity index is 2.00. The third-order valence-corrected chi connectivity index (χ3v) is 0.846. The molecule has 0 bridgehead atoms. The largest absolute Gasteiger partial charge is 0.379 e. The van der Waals surface area contributed by atoms with Crippen LogP contribution in [0.4, 0.5) is 0 Å². The van der Waals surface area contributed by atoms with Gasteiger partial charge in [-0.2, -0.15) is 0 Å². The first-order valence-corrected chi connectivity index (χ1v) is 2.28. The number of morpholine rings is 1. The molecule has 0 radical (unpaired) electrons. The van der Waals surface area contributed by atoms with Gasteiger partial charge in [0.25, 0.3) is 0 Å². The maximum atomic E-state index is 5.01. The van der Waals surface area contributed by atoms with Crippen LogP contribution < -0.4 is 5.32 Å². The average molecular weight is 91.1 g/mol. The highest BCUT2D eigenvalue weighted by molar-refractivity contribution is 4.49. The van der Waals surface area contributed by atoms with Gasteiger partial charge >= 0.3 is 0 Å². The van der Waals surface area contributed by atoms with Crippen LogP contribution in [0.5, 0.6) is 0 Å². The van der Waals surface area contributed by atoms with E-state index in [2.05, 4.69) is 5.32 Å². The van der Waals surface area contributed by atoms with E-state index in [0.29, 0.717) is 0 Å². The van der Waals surface area contributed by atoms with Crippen molar-refractivity contribution in [1.29, 1.82) is 0 Å². The van der Waals surface area contributed by atoms with Gasteiger partial charge in [-0.1, -0.05) is 0 Å². The second kappa shape index (κ2) is 2.16. The van der Waals surface area contributed by atoms with Crippen molar-refractivity contribution in [2.45, 2.75) is 0 Å². The molecule has 0 aromatic rings. The number of hydrogen-bond acceptors (Lipinski definition) is 2. The minimum atomic E-state index is 0.889. The standard InChI is InChI=1S/C4H9NO/c1-3-6-4-2-5-1/h5H,1-4H2/i1+1,2+1,3+1,4+1. The average Bonchev–Trinajstić information content (AvgIpc) is 1.72. The summed E-state index contributed by atoms with van der Waals surface area (Å²) in [5.74, 6) is 0. The zero-order chi connectivity index (χ0) is 4.24. The van der Waals surface area contributed by atoms with Crippen molar-refractivity contribution < 1.29 is 4.74 Å². The highest BCUT2D eigenvalue weighted by atomic mass is 16.6. The van der Waals surface area contributed by atoms with Crippen molar-refractivity contribution in [3.05, 3.63) is 0 Å². The molecule has 1 N–H and O–H groups in total. The maximum absolute atomic E-state index is 5.01. The molecule has 1 saturated heterocycles. The van der Waals surface area contributed by atoms with Crippen LogP contribution in [0.2, 0.25) is 0 Å². The van der Waals surface area contributed by atoms with Crippen LogP contribution in [-0.2, 0) is 4.74 Å². The minimum absolute atomic E-state index is 0.889. The summed E-state index contributed by atoms with van der Waals surface area (Å²) in [6.07, 6.45) is 0. The lowest BCUT2D eigenvalue weighted by molar-refractivity contribution is 0.109. The first-order valence-electron chi connectivity index (χ1n) is 2.28. The molecule has 2 heteroatoms. The van der Waals surface area contributed by atoms with E-state index >= 15 is 0 Å². The Labute approximate surface area is 37.5 Å². The molecule has 6 heavy (non-hydrogen) atoms. The summed E-state index contributed by atoms with van der Waals surface area (Å²) in [6, 6.07) is 0. The van der Waals surface area contributed by atoms with E-state index in [1.807, 2.05) is 0 Å². The van der Waals surface area contributed by atoms with E-state index < -0.39 is 0 Å². The van der Waals surface area contributed by atoms with E-state index in [1.165, 1.54) is 0 Å². The Morgan fingerprint density at radius 2 is 1.83 bits per heavy atom. The molecule has 0 amide bonds. The molecule has 1 aliphatic heterocycles. The van der Waals surface area contributed by atoms with Crippen LogP contribution in [0.3, 0.4) is 0 Å². The van der Waals surface area contributed by atoms with Crippen molar-refractivity contribution >= 4 is 0 Å². The van der Waals surface area contributed by atoms with Crippen LogP contribution in [0.25, 0.3) is 0 Å². The Hall–Kier alpha value is -0.0800. The van der Waals surface area contributed by atoms with Gasteiger partial charge in [0.2, 0.25) is 0 Å². The summed E-state index contributed by atoms with van der Waals surface area (Å²) in [4.78, 5) is 0. The van der Waals surface area contributed by atoms with Gasteiger partial charge in [0.1, 0.15) is 0 Å². The third kappa shape index (κ3) is 0.954. The normalized spacial score (nSPS) is 24.0. The van der Waals surface area contributed by atoms with Crippen LogP contribution in [0.15, 0.2) is 0 Å². The number of rotatable bonds is 0. The fraction of sp³-hybridized carbons (Fsp3) is 1.00. The Morgan fingerprint density at radius 3 is 2.00 bits per heavy atom. The molecular weight excluding hydrogens is 82.0 g/mol. The molecule has 0 unspecified atom stereocenters. The second-order valence-electron chi connectivity index (χ2n) is 1.36. The fourth-order valence-electron chi connectivity index (χ4n) is 0.516. The SMILES string of the molecule is [13CH2]1[13CH2]O[13CH2][13CH2]N1. The Bertz CT molecular complexity index is 23.0. The Morgan fingerprint density at radius 1 is 1.17 bits per heavy atom. The van der Waals surface area contributed by atoms with Crippen molar-refractivity contribution in [3.63, 3.8) is 0 Å². The van der Waals surface area contributed by atoms with Crippen LogP contribution >= 0.6 is 0 Å². The molecule has 2 nitrogen and oxygen atoms in total. The van der Waals surface area contributed by atoms with Gasteiger partial charge in [0, 0.05) is 13.1 Å². The fourth-order valence-corrected chi connectivity index (χ4v) is 0.516. The zero-order valence-corrected chi connectivity index (χ0v) is 3.74. The molecule has 1 aliphatic rings. The first-order chi connectivity index (χ1) is 3.00. The molecule has 0 atom stereocenters. The van der Waals surface area contributed by atoms with Gasteiger partial charge in [-0.05, 0) is 0 Å². The smallest absolute Gasteiger partial charge is 0.0591 e. The highest BCUT2D eigenvalue weighted by Crippen LogP contribution is 1.76. The molecule has 1 rings (SSSR count). The zero-order valence-electron chi connectivity index (χ0n) is 3.74. The number of nitrogens with one attached hydrogen (secondary N) is 1. The predicted molar refractivity (Wildman–Crippen MR) is 23.7 cm³/mol. The summed E-state index contributed by atoms with van der Waals surface area (Å²) in [6.45, 7) is 3.83. The number of hydrogen-bond donors (Lipinski definition) is 1. The maximum Gasteiger partial charge on any atom is 0.0591 e. The van der Waals surface area contributed by atoms with Crippen molar-refractivity contribution in [3.8, 4) is 0 Å². The van der Waals surface area contributed by atoms with Crippen LogP contribution in [0.1, 0.15) is 0 Å². The molecule has 36 valence electrons. The van der Waals surface area contributed by atoms with Gasteiger partial charge in [-0.25, -0.2) is 0 Å². The molecule has 0 aromatic heterocycles. The molecule has 0 aliphatic carbocycles. The lowest BCUT2D eigenvalue weighted by Crippen LogP contribution is -2.30. The van der Waals surface area contributed by atoms with E-state index in [4.69, 9.17) is 4.74 Å². The first kappa shape index (κ1) is 4.09. The lowest BCUT2D eigenvalue weighted by atomic mass is 11.4. The molecule has 0 saturated carbocycles. The molecule has 1 heterocycles. The van der Waals surface area contributed by atoms with E-state index in [9.17, 15) is 0 Å². The van der Waals surface area contributed by atoms with Crippen molar-refractivity contribution in [2.24, 2.45) is 0 Å². The Kier molecular flexibility index (Phi) is 1.47. The van der Waals surface area contributed by atoms with Gasteiger partial charge in [0.15, 0.2) is 0 Å². The van der Waals surface area contributed by atoms with Crippen molar-refractivity contribution in [2.75, 3.05) is 26.3 Å². The topological polar surface area (TPSA) is 21.3 Å². The quantitative estimate of drug-likeness (QED) is 0.410. The summed E-state index contributed by atoms with van der Waals surface area (Å²) >= 11 is 0. The number of ether oxygens (including phenoxy) is 1. The summed E-state index contributed by atoms with van der Waals surface area (Å²) in [5, 5.41) is 3.16. The van der Waals surface area contributed by atoms with Crippen molar-refractivity contribution in [1.82, 2.24) is 5.32 Å². The van der Waals surface area contributed by atoms with E-state index in [1.54, 1.807) is 0 Å². The van der Waals surface area contributed by atoms with Crippen LogP contribution in [0, 0.1) is 0 Å².